The lowest BCUT2D eigenvalue weighted by Gasteiger charge is -2.38. The van der Waals surface area contributed by atoms with Crippen molar-refractivity contribution in [3.05, 3.63) is 29.3 Å². The van der Waals surface area contributed by atoms with Crippen molar-refractivity contribution < 1.29 is 4.79 Å². The van der Waals surface area contributed by atoms with Crippen molar-refractivity contribution in [3.63, 3.8) is 0 Å². The van der Waals surface area contributed by atoms with Crippen LogP contribution in [0.15, 0.2) is 18.2 Å². The van der Waals surface area contributed by atoms with E-state index in [-0.39, 0.29) is 10.7 Å². The SMILES string of the molecule is CC1(C)CN(C(=O)c2cccc3c2CCCN3)CCS1. The highest BCUT2D eigenvalue weighted by Crippen LogP contribution is 2.32. The summed E-state index contributed by atoms with van der Waals surface area (Å²) >= 11 is 1.96. The van der Waals surface area contributed by atoms with Crippen molar-refractivity contribution in [2.24, 2.45) is 0 Å². The number of carbonyl (C=O) groups excluding carboxylic acids is 1. The standard InChI is InChI=1S/C16H22N2OS/c1-16(2)11-18(9-10-20-16)15(19)13-5-3-7-14-12(13)6-4-8-17-14/h3,5,7,17H,4,6,8-11H2,1-2H3. The molecule has 1 fully saturated rings. The van der Waals surface area contributed by atoms with Crippen molar-refractivity contribution in [1.29, 1.82) is 0 Å². The summed E-state index contributed by atoms with van der Waals surface area (Å²) in [5.74, 6) is 1.24. The maximum atomic E-state index is 12.8. The number of nitrogens with one attached hydrogen (secondary N) is 1. The summed E-state index contributed by atoms with van der Waals surface area (Å²) < 4.78 is 0.168. The van der Waals surface area contributed by atoms with Crippen LogP contribution in [0.3, 0.4) is 0 Å². The highest BCUT2D eigenvalue weighted by Gasteiger charge is 2.31. The van der Waals surface area contributed by atoms with Crippen LogP contribution in [0.25, 0.3) is 0 Å². The van der Waals surface area contributed by atoms with Gasteiger partial charge in [-0.3, -0.25) is 4.79 Å². The van der Waals surface area contributed by atoms with E-state index in [0.29, 0.717) is 0 Å². The summed E-state index contributed by atoms with van der Waals surface area (Å²) in [5.41, 5.74) is 3.25. The van der Waals surface area contributed by atoms with E-state index < -0.39 is 0 Å². The molecule has 0 aromatic heterocycles. The number of anilines is 1. The summed E-state index contributed by atoms with van der Waals surface area (Å²) in [6.45, 7) is 7.16. The number of benzene rings is 1. The molecule has 0 unspecified atom stereocenters. The van der Waals surface area contributed by atoms with Crippen LogP contribution in [0.1, 0.15) is 36.2 Å². The first-order valence-electron chi connectivity index (χ1n) is 7.36. The first-order valence-corrected chi connectivity index (χ1v) is 8.34. The second-order valence-electron chi connectivity index (χ2n) is 6.20. The molecule has 0 atom stereocenters. The molecule has 4 heteroatoms. The molecule has 1 saturated heterocycles. The largest absolute Gasteiger partial charge is 0.385 e. The predicted octanol–water partition coefficient (Wildman–Crippen LogP) is 3.01. The lowest BCUT2D eigenvalue weighted by atomic mass is 9.96. The first-order chi connectivity index (χ1) is 9.57. The van der Waals surface area contributed by atoms with Gasteiger partial charge in [-0.05, 0) is 44.4 Å². The number of fused-ring (bicyclic) bond motifs is 1. The van der Waals surface area contributed by atoms with Gasteiger partial charge in [0, 0.05) is 41.4 Å². The lowest BCUT2D eigenvalue weighted by molar-refractivity contribution is 0.0747. The van der Waals surface area contributed by atoms with Gasteiger partial charge in [0.25, 0.3) is 5.91 Å². The molecular weight excluding hydrogens is 268 g/mol. The third-order valence-corrected chi connectivity index (χ3v) is 5.34. The maximum Gasteiger partial charge on any atom is 0.254 e. The van der Waals surface area contributed by atoms with Gasteiger partial charge in [-0.2, -0.15) is 11.8 Å². The molecule has 3 rings (SSSR count). The highest BCUT2D eigenvalue weighted by atomic mass is 32.2. The molecule has 1 aromatic rings. The minimum Gasteiger partial charge on any atom is -0.385 e. The zero-order valence-electron chi connectivity index (χ0n) is 12.2. The van der Waals surface area contributed by atoms with Crippen LogP contribution in [-0.4, -0.2) is 40.9 Å². The van der Waals surface area contributed by atoms with Gasteiger partial charge in [-0.15, -0.1) is 0 Å². The summed E-state index contributed by atoms with van der Waals surface area (Å²) in [7, 11) is 0. The molecule has 2 aliphatic rings. The number of thioether (sulfide) groups is 1. The molecule has 0 aliphatic carbocycles. The van der Waals surface area contributed by atoms with Crippen molar-refractivity contribution in [2.75, 3.05) is 30.7 Å². The Labute approximate surface area is 125 Å². The fraction of sp³-hybridized carbons (Fsp3) is 0.562. The van der Waals surface area contributed by atoms with Gasteiger partial charge in [-0.25, -0.2) is 0 Å². The molecule has 1 amide bonds. The van der Waals surface area contributed by atoms with Crippen molar-refractivity contribution in [2.45, 2.75) is 31.4 Å². The van der Waals surface area contributed by atoms with Crippen LogP contribution >= 0.6 is 11.8 Å². The van der Waals surface area contributed by atoms with Crippen LogP contribution in [0, 0.1) is 0 Å². The number of nitrogens with zero attached hydrogens (tertiary/aromatic N) is 1. The molecule has 0 spiro atoms. The molecule has 1 N–H and O–H groups in total. The fourth-order valence-electron chi connectivity index (χ4n) is 3.07. The minimum atomic E-state index is 0.168. The number of hydrogen-bond donors (Lipinski definition) is 1. The van der Waals surface area contributed by atoms with E-state index in [4.69, 9.17) is 0 Å². The third kappa shape index (κ3) is 2.66. The number of hydrogen-bond acceptors (Lipinski definition) is 3. The number of rotatable bonds is 1. The first kappa shape index (κ1) is 13.8. The van der Waals surface area contributed by atoms with Crippen LogP contribution in [-0.2, 0) is 6.42 Å². The molecule has 20 heavy (non-hydrogen) atoms. The predicted molar refractivity (Wildman–Crippen MR) is 85.7 cm³/mol. The van der Waals surface area contributed by atoms with Crippen LogP contribution in [0.4, 0.5) is 5.69 Å². The average molecular weight is 290 g/mol. The van der Waals surface area contributed by atoms with Gasteiger partial charge in [-0.1, -0.05) is 6.07 Å². The zero-order valence-corrected chi connectivity index (χ0v) is 13.1. The smallest absolute Gasteiger partial charge is 0.254 e. The monoisotopic (exact) mass is 290 g/mol. The van der Waals surface area contributed by atoms with Crippen LogP contribution < -0.4 is 5.32 Å². The maximum absolute atomic E-state index is 12.8. The van der Waals surface area contributed by atoms with Crippen molar-refractivity contribution in [1.82, 2.24) is 4.90 Å². The summed E-state index contributed by atoms with van der Waals surface area (Å²) in [6.07, 6.45) is 2.12. The van der Waals surface area contributed by atoms with Crippen molar-refractivity contribution in [3.8, 4) is 0 Å². The number of amides is 1. The third-order valence-electron chi connectivity index (χ3n) is 4.04. The van der Waals surface area contributed by atoms with Crippen LogP contribution in [0.2, 0.25) is 0 Å². The molecule has 0 bridgehead atoms. The van der Waals surface area contributed by atoms with E-state index in [1.165, 1.54) is 5.56 Å². The molecule has 0 saturated carbocycles. The Morgan fingerprint density at radius 2 is 2.25 bits per heavy atom. The Balaban J connectivity index is 1.87. The quantitative estimate of drug-likeness (QED) is 0.863. The van der Waals surface area contributed by atoms with E-state index in [9.17, 15) is 4.79 Å². The van der Waals surface area contributed by atoms with Gasteiger partial charge in [0.05, 0.1) is 0 Å². The van der Waals surface area contributed by atoms with Gasteiger partial charge in [0.1, 0.15) is 0 Å². The normalized spacial score (nSPS) is 21.0. The summed E-state index contributed by atoms with van der Waals surface area (Å²) in [5, 5.41) is 3.40. The Bertz CT molecular complexity index is 527. The molecule has 108 valence electrons. The fourth-order valence-corrected chi connectivity index (χ4v) is 4.18. The number of carbonyl (C=O) groups is 1. The lowest BCUT2D eigenvalue weighted by Crippen LogP contribution is -2.46. The molecule has 1 aromatic carbocycles. The van der Waals surface area contributed by atoms with Gasteiger partial charge in [0.2, 0.25) is 0 Å². The van der Waals surface area contributed by atoms with Crippen molar-refractivity contribution >= 4 is 23.4 Å². The molecule has 2 heterocycles. The van der Waals surface area contributed by atoms with Gasteiger partial charge < -0.3 is 10.2 Å². The summed E-state index contributed by atoms with van der Waals surface area (Å²) in [4.78, 5) is 14.9. The molecule has 2 aliphatic heterocycles. The van der Waals surface area contributed by atoms with Gasteiger partial charge >= 0.3 is 0 Å². The van der Waals surface area contributed by atoms with E-state index >= 15 is 0 Å². The Hall–Kier alpha value is -1.16. The summed E-state index contributed by atoms with van der Waals surface area (Å²) in [6, 6.07) is 6.07. The van der Waals surface area contributed by atoms with E-state index in [2.05, 4.69) is 25.2 Å². The van der Waals surface area contributed by atoms with E-state index in [0.717, 1.165) is 49.5 Å². The second kappa shape index (κ2) is 5.32. The second-order valence-corrected chi connectivity index (χ2v) is 8.00. The Morgan fingerprint density at radius 3 is 3.05 bits per heavy atom. The van der Waals surface area contributed by atoms with E-state index in [1.807, 2.05) is 28.8 Å². The van der Waals surface area contributed by atoms with Crippen LogP contribution in [0.5, 0.6) is 0 Å². The Morgan fingerprint density at radius 1 is 1.40 bits per heavy atom. The minimum absolute atomic E-state index is 0.168. The highest BCUT2D eigenvalue weighted by molar-refractivity contribution is 8.00. The zero-order chi connectivity index (χ0) is 14.2. The topological polar surface area (TPSA) is 32.3 Å². The van der Waals surface area contributed by atoms with E-state index in [1.54, 1.807) is 0 Å². The average Bonchev–Trinajstić information content (AvgIpc) is 2.45. The molecule has 3 nitrogen and oxygen atoms in total. The van der Waals surface area contributed by atoms with Gasteiger partial charge in [0.15, 0.2) is 0 Å². The molecule has 0 radical (unpaired) electrons. The molecular formula is C16H22N2OS. The Kier molecular flexibility index (Phi) is 3.67.